The van der Waals surface area contributed by atoms with E-state index in [1.54, 1.807) is 25.3 Å². The molecular formula is C14H19BrClNO2. The smallest absolute Gasteiger partial charge is 0.254 e. The minimum atomic E-state index is 0.0171. The zero-order valence-corrected chi connectivity index (χ0v) is 13.8. The first-order valence-electron chi connectivity index (χ1n) is 6.21. The van der Waals surface area contributed by atoms with Crippen molar-refractivity contribution in [2.24, 2.45) is 0 Å². The third kappa shape index (κ3) is 4.39. The zero-order chi connectivity index (χ0) is 14.4. The van der Waals surface area contributed by atoms with Crippen molar-refractivity contribution in [2.45, 2.75) is 26.3 Å². The average molecular weight is 349 g/mol. The quantitative estimate of drug-likeness (QED) is 0.729. The van der Waals surface area contributed by atoms with Gasteiger partial charge in [-0.2, -0.15) is 0 Å². The number of benzene rings is 1. The Labute approximate surface area is 128 Å². The second-order valence-electron chi connectivity index (χ2n) is 4.48. The Bertz CT molecular complexity index is 437. The monoisotopic (exact) mass is 347 g/mol. The van der Waals surface area contributed by atoms with Crippen molar-refractivity contribution >= 4 is 33.4 Å². The number of rotatable bonds is 6. The molecule has 0 radical (unpaired) electrons. The van der Waals surface area contributed by atoms with Gasteiger partial charge in [-0.05, 0) is 54.4 Å². The van der Waals surface area contributed by atoms with Crippen LogP contribution in [-0.2, 0) is 0 Å². The third-order valence-corrected chi connectivity index (χ3v) is 3.70. The summed E-state index contributed by atoms with van der Waals surface area (Å²) in [5, 5.41) is 0. The summed E-state index contributed by atoms with van der Waals surface area (Å²) in [5.74, 6) is 1.29. The number of hydrogen-bond donors (Lipinski definition) is 0. The van der Waals surface area contributed by atoms with Crippen molar-refractivity contribution in [1.82, 2.24) is 4.90 Å². The number of methoxy groups -OCH3 is 1. The fourth-order valence-electron chi connectivity index (χ4n) is 1.79. The van der Waals surface area contributed by atoms with E-state index in [-0.39, 0.29) is 11.9 Å². The van der Waals surface area contributed by atoms with E-state index in [0.717, 1.165) is 10.9 Å². The van der Waals surface area contributed by atoms with Crippen LogP contribution in [0.3, 0.4) is 0 Å². The number of hydrogen-bond acceptors (Lipinski definition) is 2. The summed E-state index contributed by atoms with van der Waals surface area (Å²) >= 11 is 9.10. The fourth-order valence-corrected chi connectivity index (χ4v) is 2.45. The van der Waals surface area contributed by atoms with E-state index >= 15 is 0 Å². The lowest BCUT2D eigenvalue weighted by molar-refractivity contribution is 0.0706. The topological polar surface area (TPSA) is 29.5 Å². The molecule has 106 valence electrons. The summed E-state index contributed by atoms with van der Waals surface area (Å²) in [5.41, 5.74) is 0.649. The van der Waals surface area contributed by atoms with Crippen LogP contribution in [0.2, 0.25) is 0 Å². The molecule has 0 aliphatic carbocycles. The van der Waals surface area contributed by atoms with Gasteiger partial charge in [0.1, 0.15) is 5.75 Å². The number of carbonyl (C=O) groups is 1. The largest absolute Gasteiger partial charge is 0.496 e. The van der Waals surface area contributed by atoms with Gasteiger partial charge in [-0.15, -0.1) is 11.6 Å². The fraction of sp³-hybridized carbons (Fsp3) is 0.500. The molecule has 0 aromatic heterocycles. The second-order valence-corrected chi connectivity index (χ2v) is 5.72. The summed E-state index contributed by atoms with van der Waals surface area (Å²) in [6.45, 7) is 4.68. The molecule has 0 aliphatic rings. The van der Waals surface area contributed by atoms with Crippen molar-refractivity contribution in [3.63, 3.8) is 0 Å². The molecule has 0 unspecified atom stereocenters. The Kier molecular flexibility index (Phi) is 6.66. The number of halogens is 2. The van der Waals surface area contributed by atoms with E-state index in [4.69, 9.17) is 16.3 Å². The minimum Gasteiger partial charge on any atom is -0.496 e. The first kappa shape index (κ1) is 16.3. The van der Waals surface area contributed by atoms with Gasteiger partial charge in [-0.1, -0.05) is 0 Å². The predicted octanol–water partition coefficient (Wildman–Crippen LogP) is 3.94. The summed E-state index contributed by atoms with van der Waals surface area (Å²) in [6, 6.07) is 5.51. The highest BCUT2D eigenvalue weighted by Crippen LogP contribution is 2.26. The molecule has 1 rings (SSSR count). The molecule has 1 aromatic carbocycles. The van der Waals surface area contributed by atoms with Gasteiger partial charge in [0.25, 0.3) is 5.91 Å². The molecule has 0 saturated carbocycles. The molecule has 0 fully saturated rings. The molecule has 0 spiro atoms. The minimum absolute atomic E-state index is 0.0171. The highest BCUT2D eigenvalue weighted by molar-refractivity contribution is 9.10. The number of alkyl halides is 1. The molecule has 5 heteroatoms. The molecule has 1 aromatic rings. The van der Waals surface area contributed by atoms with Crippen LogP contribution < -0.4 is 4.74 Å². The Hall–Kier alpha value is -0.740. The van der Waals surface area contributed by atoms with Gasteiger partial charge in [-0.3, -0.25) is 4.79 Å². The number of carbonyl (C=O) groups excluding carboxylic acids is 1. The van der Waals surface area contributed by atoms with Gasteiger partial charge in [-0.25, -0.2) is 0 Å². The van der Waals surface area contributed by atoms with Crippen LogP contribution in [0.1, 0.15) is 30.6 Å². The summed E-state index contributed by atoms with van der Waals surface area (Å²) in [4.78, 5) is 14.3. The van der Waals surface area contributed by atoms with E-state index in [1.807, 2.05) is 18.7 Å². The number of ether oxygens (including phenoxy) is 1. The Morgan fingerprint density at radius 2 is 2.16 bits per heavy atom. The number of amides is 1. The molecular weight excluding hydrogens is 330 g/mol. The molecule has 0 aliphatic heterocycles. The van der Waals surface area contributed by atoms with Gasteiger partial charge < -0.3 is 9.64 Å². The molecule has 1 amide bonds. The van der Waals surface area contributed by atoms with Crippen LogP contribution in [0.15, 0.2) is 22.7 Å². The summed E-state index contributed by atoms with van der Waals surface area (Å²) < 4.78 is 5.94. The van der Waals surface area contributed by atoms with Gasteiger partial charge in [0.15, 0.2) is 0 Å². The zero-order valence-electron chi connectivity index (χ0n) is 11.5. The Morgan fingerprint density at radius 1 is 1.47 bits per heavy atom. The lowest BCUT2D eigenvalue weighted by atomic mass is 10.1. The van der Waals surface area contributed by atoms with Crippen molar-refractivity contribution < 1.29 is 9.53 Å². The van der Waals surface area contributed by atoms with Crippen LogP contribution in [-0.4, -0.2) is 36.4 Å². The molecule has 0 heterocycles. The van der Waals surface area contributed by atoms with Crippen LogP contribution >= 0.6 is 27.5 Å². The SMILES string of the molecule is COc1ccc(C(=O)N(CCCCl)C(C)C)cc1Br. The lowest BCUT2D eigenvalue weighted by Crippen LogP contribution is -2.37. The second kappa shape index (κ2) is 7.75. The molecule has 3 nitrogen and oxygen atoms in total. The predicted molar refractivity (Wildman–Crippen MR) is 82.2 cm³/mol. The van der Waals surface area contributed by atoms with Crippen molar-refractivity contribution in [3.8, 4) is 5.75 Å². The molecule has 0 saturated heterocycles. The van der Waals surface area contributed by atoms with E-state index < -0.39 is 0 Å². The van der Waals surface area contributed by atoms with Crippen molar-refractivity contribution in [2.75, 3.05) is 19.5 Å². The maximum Gasteiger partial charge on any atom is 0.254 e. The summed E-state index contributed by atoms with van der Waals surface area (Å²) in [6.07, 6.45) is 0.794. The molecule has 0 bridgehead atoms. The Morgan fingerprint density at radius 3 is 2.63 bits per heavy atom. The maximum atomic E-state index is 12.5. The lowest BCUT2D eigenvalue weighted by Gasteiger charge is -2.26. The standard InChI is InChI=1S/C14H19BrClNO2/c1-10(2)17(8-4-7-16)14(18)11-5-6-13(19-3)12(15)9-11/h5-6,9-10H,4,7-8H2,1-3H3. The third-order valence-electron chi connectivity index (χ3n) is 2.82. The van der Waals surface area contributed by atoms with Gasteiger partial charge in [0.05, 0.1) is 11.6 Å². The Balaban J connectivity index is 2.93. The molecule has 19 heavy (non-hydrogen) atoms. The van der Waals surface area contributed by atoms with Gasteiger partial charge >= 0.3 is 0 Å². The molecule has 0 atom stereocenters. The first-order chi connectivity index (χ1) is 9.01. The number of nitrogens with zero attached hydrogens (tertiary/aromatic N) is 1. The highest BCUT2D eigenvalue weighted by Gasteiger charge is 2.19. The normalized spacial score (nSPS) is 10.6. The van der Waals surface area contributed by atoms with Gasteiger partial charge in [0.2, 0.25) is 0 Å². The van der Waals surface area contributed by atoms with Crippen LogP contribution in [0.4, 0.5) is 0 Å². The van der Waals surface area contributed by atoms with E-state index in [0.29, 0.717) is 23.7 Å². The summed E-state index contributed by atoms with van der Waals surface area (Å²) in [7, 11) is 1.60. The van der Waals surface area contributed by atoms with Crippen LogP contribution in [0.25, 0.3) is 0 Å². The van der Waals surface area contributed by atoms with Crippen LogP contribution in [0.5, 0.6) is 5.75 Å². The molecule has 0 N–H and O–H groups in total. The average Bonchev–Trinajstić information content (AvgIpc) is 2.38. The van der Waals surface area contributed by atoms with E-state index in [2.05, 4.69) is 15.9 Å². The van der Waals surface area contributed by atoms with Crippen LogP contribution in [0, 0.1) is 0 Å². The maximum absolute atomic E-state index is 12.5. The van der Waals surface area contributed by atoms with Crippen molar-refractivity contribution in [1.29, 1.82) is 0 Å². The highest BCUT2D eigenvalue weighted by atomic mass is 79.9. The van der Waals surface area contributed by atoms with Gasteiger partial charge in [0, 0.05) is 24.0 Å². The van der Waals surface area contributed by atoms with E-state index in [9.17, 15) is 4.79 Å². The first-order valence-corrected chi connectivity index (χ1v) is 7.54. The van der Waals surface area contributed by atoms with Crippen molar-refractivity contribution in [3.05, 3.63) is 28.2 Å². The van der Waals surface area contributed by atoms with E-state index in [1.165, 1.54) is 0 Å².